The number of hydrogen-bond donors (Lipinski definition) is 0. The first-order valence-electron chi connectivity index (χ1n) is 20.0. The molecule has 2 aromatic rings. The van der Waals surface area contributed by atoms with Gasteiger partial charge >= 0.3 is 0 Å². The van der Waals surface area contributed by atoms with Gasteiger partial charge in [-0.25, -0.2) is 4.39 Å². The molecule has 0 radical (unpaired) electrons. The fourth-order valence-electron chi connectivity index (χ4n) is 8.19. The van der Waals surface area contributed by atoms with Crippen LogP contribution in [-0.2, 0) is 0 Å². The van der Waals surface area contributed by atoms with Gasteiger partial charge in [0.2, 0.25) is 0 Å². The molecule has 0 saturated heterocycles. The summed E-state index contributed by atoms with van der Waals surface area (Å²) in [6.45, 7) is 31.6. The average molecular weight is 692 g/mol. The number of allylic oxidation sites excluding steroid dienone is 6. The van der Waals surface area contributed by atoms with E-state index < -0.39 is 6.17 Å². The van der Waals surface area contributed by atoms with E-state index in [4.69, 9.17) is 0 Å². The monoisotopic (exact) mass is 692 g/mol. The van der Waals surface area contributed by atoms with E-state index >= 15 is 0 Å². The van der Waals surface area contributed by atoms with Crippen molar-refractivity contribution in [1.82, 2.24) is 0 Å². The van der Waals surface area contributed by atoms with Crippen LogP contribution in [0.5, 0.6) is 0 Å². The van der Waals surface area contributed by atoms with Crippen LogP contribution in [0.3, 0.4) is 0 Å². The van der Waals surface area contributed by atoms with E-state index in [2.05, 4.69) is 122 Å². The molecule has 2 aliphatic rings. The molecule has 0 heterocycles. The molecule has 4 rings (SSSR count). The standard InChI is InChI=1S/C35H45N.C14H25F/c1-9-20-35(10-2)23-33(24-35)34(31-13-11-26(5)12-14-31)32-17-15-30(16-18-32)29(8)22-28(7)27(6)19-21-36-25(3)4;1-5-7-13(8-6-2)11(3)14(9-10-14)12(4)15/h11-19,21,29H,3,7,9-10,20,22-24H2,1-2,4-6,8H3;12-13H,3,5-10H2,1-2,4H3/b27-19+,34-33?,36-21?;. The molecule has 51 heavy (non-hydrogen) atoms. The molecule has 2 aliphatic carbocycles. The summed E-state index contributed by atoms with van der Waals surface area (Å²) in [7, 11) is 0. The minimum absolute atomic E-state index is 0.130. The van der Waals surface area contributed by atoms with Gasteiger partial charge in [0.05, 0.1) is 0 Å². The molecule has 2 fully saturated rings. The highest BCUT2D eigenvalue weighted by Gasteiger charge is 2.51. The lowest BCUT2D eigenvalue weighted by Gasteiger charge is -2.45. The Hall–Kier alpha value is -3.26. The topological polar surface area (TPSA) is 12.4 Å². The summed E-state index contributed by atoms with van der Waals surface area (Å²) in [6, 6.07) is 18.4. The Labute approximate surface area is 313 Å². The fraction of sp³-hybridized carbons (Fsp3) is 0.531. The van der Waals surface area contributed by atoms with E-state index in [1.54, 1.807) is 12.5 Å². The molecule has 1 nitrogen and oxygen atoms in total. The highest BCUT2D eigenvalue weighted by molar-refractivity contribution is 5.83. The molecule has 278 valence electrons. The normalized spacial score (nSPS) is 19.2. The smallest absolute Gasteiger partial charge is 0.107 e. The lowest BCUT2D eigenvalue weighted by molar-refractivity contribution is 0.177. The minimum atomic E-state index is -0.707. The largest absolute Gasteiger partial charge is 0.262 e. The van der Waals surface area contributed by atoms with Gasteiger partial charge in [-0.1, -0.05) is 144 Å². The minimum Gasteiger partial charge on any atom is -0.262 e. The molecular formula is C49H70FN. The number of rotatable bonds is 18. The third-order valence-electron chi connectivity index (χ3n) is 11.9. The second-order valence-electron chi connectivity index (χ2n) is 16.1. The molecule has 0 bridgehead atoms. The quantitative estimate of drug-likeness (QED) is 0.0838. The zero-order valence-electron chi connectivity index (χ0n) is 33.9. The van der Waals surface area contributed by atoms with Gasteiger partial charge in [0.25, 0.3) is 0 Å². The first-order chi connectivity index (χ1) is 24.3. The third kappa shape index (κ3) is 11.4. The lowest BCUT2D eigenvalue weighted by atomic mass is 9.59. The number of hydrogen-bond acceptors (Lipinski definition) is 1. The first-order valence-corrected chi connectivity index (χ1v) is 20.0. The Morgan fingerprint density at radius 3 is 1.84 bits per heavy atom. The third-order valence-corrected chi connectivity index (χ3v) is 11.9. The summed E-state index contributed by atoms with van der Waals surface area (Å²) in [5.74, 6) is 0.963. The van der Waals surface area contributed by atoms with Crippen molar-refractivity contribution < 1.29 is 4.39 Å². The first kappa shape index (κ1) is 42.2. The Kier molecular flexibility index (Phi) is 16.2. The Morgan fingerprint density at radius 2 is 1.39 bits per heavy atom. The number of halogens is 1. The van der Waals surface area contributed by atoms with Crippen molar-refractivity contribution >= 4 is 11.8 Å². The van der Waals surface area contributed by atoms with Gasteiger partial charge in [-0.15, -0.1) is 0 Å². The average Bonchev–Trinajstić information content (AvgIpc) is 3.90. The molecule has 0 amide bonds. The van der Waals surface area contributed by atoms with E-state index in [0.29, 0.717) is 17.3 Å². The van der Waals surface area contributed by atoms with Crippen LogP contribution >= 0.6 is 0 Å². The van der Waals surface area contributed by atoms with E-state index in [1.165, 1.54) is 96.8 Å². The van der Waals surface area contributed by atoms with Gasteiger partial charge in [-0.2, -0.15) is 0 Å². The summed E-state index contributed by atoms with van der Waals surface area (Å²) in [5, 5.41) is 0. The highest BCUT2D eigenvalue weighted by atomic mass is 19.1. The highest BCUT2D eigenvalue weighted by Crippen LogP contribution is 2.58. The summed E-state index contributed by atoms with van der Waals surface area (Å²) in [5.41, 5.74) is 13.2. The van der Waals surface area contributed by atoms with Crippen LogP contribution in [0.25, 0.3) is 5.57 Å². The second kappa shape index (κ2) is 19.5. The molecule has 2 unspecified atom stereocenters. The molecule has 0 N–H and O–H groups in total. The number of nitrogens with zero attached hydrogens (tertiary/aromatic N) is 1. The van der Waals surface area contributed by atoms with Gasteiger partial charge in [0.15, 0.2) is 0 Å². The predicted octanol–water partition coefficient (Wildman–Crippen LogP) is 15.3. The summed E-state index contributed by atoms with van der Waals surface area (Å²) in [4.78, 5) is 4.25. The number of aliphatic imine (C=N–C) groups is 1. The number of alkyl halides is 1. The van der Waals surface area contributed by atoms with E-state index in [-0.39, 0.29) is 5.41 Å². The maximum absolute atomic E-state index is 13.6. The van der Waals surface area contributed by atoms with Crippen molar-refractivity contribution in [3.8, 4) is 0 Å². The van der Waals surface area contributed by atoms with Crippen LogP contribution in [0.4, 0.5) is 4.39 Å². The van der Waals surface area contributed by atoms with Gasteiger partial charge in [0, 0.05) is 17.3 Å². The van der Waals surface area contributed by atoms with Crippen LogP contribution in [-0.4, -0.2) is 12.4 Å². The van der Waals surface area contributed by atoms with Crippen LogP contribution in [0.2, 0.25) is 0 Å². The molecule has 2 aromatic carbocycles. The lowest BCUT2D eigenvalue weighted by Crippen LogP contribution is -2.31. The van der Waals surface area contributed by atoms with Gasteiger partial charge in [0.1, 0.15) is 6.17 Å². The van der Waals surface area contributed by atoms with Crippen molar-refractivity contribution in [1.29, 1.82) is 0 Å². The molecule has 2 saturated carbocycles. The second-order valence-corrected chi connectivity index (χ2v) is 16.1. The molecule has 0 aromatic heterocycles. The Bertz CT molecular complexity index is 1530. The zero-order valence-corrected chi connectivity index (χ0v) is 33.9. The summed E-state index contributed by atoms with van der Waals surface area (Å²) in [6.07, 6.45) is 17.2. The van der Waals surface area contributed by atoms with E-state index in [0.717, 1.165) is 30.5 Å². The maximum atomic E-state index is 13.6. The van der Waals surface area contributed by atoms with Crippen molar-refractivity contribution in [2.45, 2.75) is 151 Å². The Morgan fingerprint density at radius 1 is 0.843 bits per heavy atom. The van der Waals surface area contributed by atoms with Crippen LogP contribution in [0.1, 0.15) is 161 Å². The van der Waals surface area contributed by atoms with E-state index in [9.17, 15) is 4.39 Å². The molecule has 2 heteroatoms. The molecule has 2 atom stereocenters. The van der Waals surface area contributed by atoms with Crippen molar-refractivity contribution in [2.24, 2.45) is 21.7 Å². The van der Waals surface area contributed by atoms with Crippen LogP contribution < -0.4 is 0 Å². The van der Waals surface area contributed by atoms with Crippen molar-refractivity contribution in [2.75, 3.05) is 0 Å². The maximum Gasteiger partial charge on any atom is 0.107 e. The summed E-state index contributed by atoms with van der Waals surface area (Å²) < 4.78 is 13.6. The van der Waals surface area contributed by atoms with Crippen LogP contribution in [0.15, 0.2) is 107 Å². The summed E-state index contributed by atoms with van der Waals surface area (Å²) >= 11 is 0. The molecular weight excluding hydrogens is 622 g/mol. The predicted molar refractivity (Wildman–Crippen MR) is 224 cm³/mol. The zero-order chi connectivity index (χ0) is 37.8. The van der Waals surface area contributed by atoms with E-state index in [1.807, 2.05) is 19.2 Å². The Balaban J connectivity index is 0.000000391. The van der Waals surface area contributed by atoms with Crippen molar-refractivity contribution in [3.05, 3.63) is 125 Å². The molecule has 0 spiro atoms. The van der Waals surface area contributed by atoms with Crippen molar-refractivity contribution in [3.63, 3.8) is 0 Å². The van der Waals surface area contributed by atoms with Gasteiger partial charge in [-0.05, 0) is 137 Å². The van der Waals surface area contributed by atoms with Gasteiger partial charge < -0.3 is 0 Å². The van der Waals surface area contributed by atoms with Crippen LogP contribution in [0, 0.1) is 23.7 Å². The number of benzene rings is 2. The SMILES string of the molecule is C=C(C(CCC)CCC)C1(C(C)F)CC1.C=C(C)N=C/C=C(\C)C(=C)CC(C)c1ccc(C(=C2CC(CC)(CCC)C2)c2ccc(C)cc2)cc1. The number of aryl methyl sites for hydroxylation is 1. The fourth-order valence-corrected chi connectivity index (χ4v) is 8.19. The molecule has 0 aliphatic heterocycles. The van der Waals surface area contributed by atoms with Gasteiger partial charge in [-0.3, -0.25) is 4.99 Å².